The Balaban J connectivity index is 0.964. The summed E-state index contributed by atoms with van der Waals surface area (Å²) in [5.74, 6) is 1.67. The van der Waals surface area contributed by atoms with Crippen molar-refractivity contribution in [1.29, 1.82) is 0 Å². The van der Waals surface area contributed by atoms with Gasteiger partial charge in [-0.3, -0.25) is 14.6 Å². The lowest BCUT2D eigenvalue weighted by Gasteiger charge is -2.36. The van der Waals surface area contributed by atoms with E-state index in [2.05, 4.69) is 56.7 Å². The quantitative estimate of drug-likeness (QED) is 0.100. The van der Waals surface area contributed by atoms with Crippen LogP contribution in [0.25, 0.3) is 44.2 Å². The molecule has 3 fully saturated rings. The number of hydrogen-bond acceptors (Lipinski definition) is 11. The summed E-state index contributed by atoms with van der Waals surface area (Å²) >= 11 is 0. The van der Waals surface area contributed by atoms with Crippen LogP contribution in [0.15, 0.2) is 53.7 Å². The van der Waals surface area contributed by atoms with E-state index in [4.69, 9.17) is 28.9 Å². The minimum absolute atomic E-state index is 0.0299. The average molecular weight is 874 g/mol. The summed E-state index contributed by atoms with van der Waals surface area (Å²) in [6, 6.07) is 12.5. The lowest BCUT2D eigenvalue weighted by molar-refractivity contribution is -0.248. The maximum atomic E-state index is 14.3. The molecule has 4 aliphatic heterocycles. The number of imidazole rings is 2. The van der Waals surface area contributed by atoms with Crippen molar-refractivity contribution in [3.63, 3.8) is 0 Å². The Labute approximate surface area is 372 Å². The molecule has 0 radical (unpaired) electrons. The second-order valence-corrected chi connectivity index (χ2v) is 17.9. The number of fused-ring (bicyclic) bond motifs is 6. The Bertz CT molecular complexity index is 2600. The van der Waals surface area contributed by atoms with Gasteiger partial charge in [0, 0.05) is 36.2 Å². The molecule has 5 aromatic rings. The average Bonchev–Trinajstić information content (AvgIpc) is 4.14. The second-order valence-electron chi connectivity index (χ2n) is 17.9. The number of H-pyrrole nitrogens is 2. The third kappa shape index (κ3) is 7.90. The van der Waals surface area contributed by atoms with Crippen LogP contribution in [0.2, 0.25) is 0 Å². The molecular weight excluding hydrogens is 817 g/mol. The van der Waals surface area contributed by atoms with Gasteiger partial charge in [-0.2, -0.15) is 0 Å². The third-order valence-electron chi connectivity index (χ3n) is 14.1. The number of aliphatic imine (C=N–C) groups is 1. The Morgan fingerprint density at radius 1 is 0.906 bits per heavy atom. The zero-order valence-electron chi connectivity index (χ0n) is 37.3. The second kappa shape index (κ2) is 17.8. The van der Waals surface area contributed by atoms with Crippen molar-refractivity contribution in [2.45, 2.75) is 115 Å². The van der Waals surface area contributed by atoms with E-state index in [0.717, 1.165) is 81.2 Å². The number of carbonyl (C=O) groups is 3. The molecule has 6 heterocycles. The molecule has 16 nitrogen and oxygen atoms in total. The molecule has 16 heteroatoms. The lowest BCUT2D eigenvalue weighted by Crippen LogP contribution is -2.54. The topological polar surface area (TPSA) is 199 Å². The third-order valence-corrected chi connectivity index (χ3v) is 14.1. The molecule has 3 saturated heterocycles. The number of aromatic nitrogens is 4. The van der Waals surface area contributed by atoms with Gasteiger partial charge in [0.2, 0.25) is 11.8 Å². The van der Waals surface area contributed by atoms with E-state index in [0.29, 0.717) is 50.7 Å². The molecule has 0 aliphatic carbocycles. The van der Waals surface area contributed by atoms with Crippen LogP contribution in [0, 0.1) is 11.8 Å². The molecule has 3 N–H and O–H groups in total. The number of methoxy groups -OCH3 is 2. The first-order valence-electron chi connectivity index (χ1n) is 22.6. The maximum absolute atomic E-state index is 14.3. The zero-order valence-corrected chi connectivity index (χ0v) is 37.3. The van der Waals surface area contributed by atoms with Crippen molar-refractivity contribution < 1.29 is 38.4 Å². The van der Waals surface area contributed by atoms with Gasteiger partial charge in [0.15, 0.2) is 0 Å². The van der Waals surface area contributed by atoms with E-state index in [1.807, 2.05) is 49.8 Å². The Morgan fingerprint density at radius 3 is 2.36 bits per heavy atom. The Kier molecular flexibility index (Phi) is 12.0. The highest BCUT2D eigenvalue weighted by Crippen LogP contribution is 2.44. The van der Waals surface area contributed by atoms with Gasteiger partial charge in [-0.1, -0.05) is 38.5 Å². The normalized spacial score (nSPS) is 22.8. The fraction of sp³-hybridized carbons (Fsp3) is 0.500. The summed E-state index contributed by atoms with van der Waals surface area (Å²) in [6.07, 6.45) is 5.60. The molecule has 4 aliphatic rings. The summed E-state index contributed by atoms with van der Waals surface area (Å²) < 4.78 is 21.7. The summed E-state index contributed by atoms with van der Waals surface area (Å²) in [6.45, 7) is 9.47. The number of hydrogen-bond donors (Lipinski definition) is 3. The number of nitrogens with one attached hydrogen (secondary N) is 3. The molecule has 0 bridgehead atoms. The van der Waals surface area contributed by atoms with Gasteiger partial charge in [-0.05, 0) is 118 Å². The van der Waals surface area contributed by atoms with Crippen LogP contribution in [-0.4, -0.2) is 105 Å². The predicted octanol–water partition coefficient (Wildman–Crippen LogP) is 6.70. The number of carbonyl (C=O) groups excluding carboxylic acids is 3. The molecule has 338 valence electrons. The van der Waals surface area contributed by atoms with Gasteiger partial charge in [-0.15, -0.1) is 0 Å². The number of rotatable bonds is 10. The van der Waals surface area contributed by atoms with Gasteiger partial charge in [-0.25, -0.2) is 14.8 Å². The summed E-state index contributed by atoms with van der Waals surface area (Å²) in [5.41, 5.74) is 6.56. The predicted molar refractivity (Wildman–Crippen MR) is 238 cm³/mol. The van der Waals surface area contributed by atoms with E-state index >= 15 is 0 Å². The number of amides is 3. The summed E-state index contributed by atoms with van der Waals surface area (Å²) in [5, 5.41) is 17.0. The van der Waals surface area contributed by atoms with Gasteiger partial charge < -0.3 is 49.1 Å². The van der Waals surface area contributed by atoms with E-state index in [-0.39, 0.29) is 47.8 Å². The smallest absolute Gasteiger partial charge is 0.407 e. The van der Waals surface area contributed by atoms with E-state index < -0.39 is 24.3 Å². The number of alkyl carbamates (subject to hydrolysis) is 1. The van der Waals surface area contributed by atoms with Crippen LogP contribution >= 0.6 is 0 Å². The number of ether oxygens (including phenoxy) is 4. The zero-order chi connectivity index (χ0) is 44.8. The summed E-state index contributed by atoms with van der Waals surface area (Å²) in [4.78, 5) is 65.7. The standard InChI is InChI=1S/C48H58N8O8/c1-7-25(2)40(53-47(59)61-5)45(57)56-27(4)9-15-38(56)44-50-35-13-11-29-21-34-32-12-10-30(20-31(32)24-64-39(34)22-33(29)42(35)52-44)36-23-49-43(51-36)37-14-8-26(3)55(37)46(58)41(54-48(60)62-6)28-16-18-63-19-17-28/h10-13,20-23,25-28,37-38,40-41H,7-9,14-19,24H2,1-6H3,(H,49,51)(H,50,52)(H,53,59)(H,54,60)/p-1/t25-,26-,27-,37?,38?,40?,41-/m0/s1. The van der Waals surface area contributed by atoms with Gasteiger partial charge >= 0.3 is 6.09 Å². The van der Waals surface area contributed by atoms with Crippen LogP contribution in [-0.2, 0) is 30.4 Å². The number of benzene rings is 3. The molecule has 7 atom stereocenters. The van der Waals surface area contributed by atoms with E-state index in [1.165, 1.54) is 14.2 Å². The minimum Gasteiger partial charge on any atom is -0.604 e. The van der Waals surface area contributed by atoms with Gasteiger partial charge in [0.05, 0.1) is 42.1 Å². The Hall–Kier alpha value is -6.16. The largest absolute Gasteiger partial charge is 0.604 e. The molecule has 3 aromatic carbocycles. The fourth-order valence-corrected chi connectivity index (χ4v) is 10.3. The molecule has 64 heavy (non-hydrogen) atoms. The highest BCUT2D eigenvalue weighted by molar-refractivity contribution is 6.07. The van der Waals surface area contributed by atoms with Gasteiger partial charge in [0.25, 0.3) is 0 Å². The van der Waals surface area contributed by atoms with Crippen molar-refractivity contribution >= 4 is 45.8 Å². The van der Waals surface area contributed by atoms with Crippen molar-refractivity contribution in [2.75, 3.05) is 27.4 Å². The molecular formula is C48H57N8O8-. The minimum atomic E-state index is -0.839. The van der Waals surface area contributed by atoms with E-state index in [9.17, 15) is 19.5 Å². The Morgan fingerprint density at radius 2 is 1.64 bits per heavy atom. The first-order valence-corrected chi connectivity index (χ1v) is 22.6. The number of likely N-dealkylation sites (tertiary alicyclic amines) is 2. The van der Waals surface area contributed by atoms with Crippen LogP contribution < -0.4 is 15.2 Å². The van der Waals surface area contributed by atoms with Crippen LogP contribution in [0.4, 0.5) is 4.79 Å². The molecule has 0 saturated carbocycles. The van der Waals surface area contributed by atoms with Crippen molar-refractivity contribution in [1.82, 2.24) is 35.1 Å². The highest BCUT2D eigenvalue weighted by Gasteiger charge is 2.44. The molecule has 0 spiro atoms. The first-order chi connectivity index (χ1) is 31.0. The summed E-state index contributed by atoms with van der Waals surface area (Å²) in [7, 11) is 2.58. The van der Waals surface area contributed by atoms with E-state index in [1.54, 1.807) is 0 Å². The van der Waals surface area contributed by atoms with Gasteiger partial charge in [0.1, 0.15) is 42.2 Å². The monoisotopic (exact) mass is 873 g/mol. The van der Waals surface area contributed by atoms with Crippen LogP contribution in [0.3, 0.4) is 0 Å². The number of nitrogens with zero attached hydrogens (tertiary/aromatic N) is 5. The lowest BCUT2D eigenvalue weighted by atomic mass is 9.90. The van der Waals surface area contributed by atoms with Crippen molar-refractivity contribution in [3.8, 4) is 28.1 Å². The fourth-order valence-electron chi connectivity index (χ4n) is 10.3. The molecule has 3 unspecified atom stereocenters. The molecule has 2 aromatic heterocycles. The number of aromatic amines is 2. The van der Waals surface area contributed by atoms with Crippen molar-refractivity contribution in [2.24, 2.45) is 16.8 Å². The molecule has 3 amide bonds. The first kappa shape index (κ1) is 43.1. The molecule has 9 rings (SSSR count). The van der Waals surface area contributed by atoms with Crippen LogP contribution in [0.1, 0.15) is 102 Å². The van der Waals surface area contributed by atoms with Crippen LogP contribution in [0.5, 0.6) is 5.75 Å². The van der Waals surface area contributed by atoms with Crippen molar-refractivity contribution in [3.05, 3.63) is 65.9 Å². The maximum Gasteiger partial charge on any atom is 0.407 e. The SMILES string of the molecule is CC[C@H](C)C(N=C([O-])OC)C(=O)N1C(c2nc3c(ccc4cc5c(cc43)OCc3cc(-c4cnc(C6CC[C@H](C)N6C(=O)[C@@H](NC(=O)OC)C6CCOCC6)[nH]4)ccc3-5)[nH]2)CC[C@@H]1C. The highest BCUT2D eigenvalue weighted by atomic mass is 16.6.